The fourth-order valence-electron chi connectivity index (χ4n) is 0.737. The van der Waals surface area contributed by atoms with Crippen LogP contribution in [0, 0.1) is 0 Å². The van der Waals surface area contributed by atoms with Gasteiger partial charge < -0.3 is 5.02 Å². The molecule has 0 unspecified atom stereocenters. The molecule has 0 spiro atoms. The van der Waals surface area contributed by atoms with Gasteiger partial charge in [-0.25, -0.2) is 0 Å². The third-order valence-electron chi connectivity index (χ3n) is 1.41. The number of alkyl halides is 2. The Hall–Kier alpha value is 0.755. The Morgan fingerprint density at radius 1 is 1.31 bits per heavy atom. The van der Waals surface area contributed by atoms with Gasteiger partial charge in [-0.1, -0.05) is 0 Å². The van der Waals surface area contributed by atoms with Crippen molar-refractivity contribution in [1.29, 1.82) is 0 Å². The van der Waals surface area contributed by atoms with E-state index in [-0.39, 0.29) is 0 Å². The fraction of sp³-hybridized carbons (Fsp3) is 1.00. The molecule has 0 atom stereocenters. The van der Waals surface area contributed by atoms with E-state index in [2.05, 4.69) is 10.2 Å². The number of rotatable bonds is 7. The van der Waals surface area contributed by atoms with E-state index in [4.69, 9.17) is 23.2 Å². The van der Waals surface area contributed by atoms with Crippen LogP contribution in [0.2, 0.25) is 6.82 Å². The number of nitrogens with one attached hydrogen (secondary N) is 2. The lowest BCUT2D eigenvalue weighted by Gasteiger charge is -2.20. The molecule has 0 saturated heterocycles. The number of hydrogen-bond donors (Lipinski definition) is 3. The fourth-order valence-corrected chi connectivity index (χ4v) is 2.72. The molecule has 0 radical (unpaired) electrons. The average Bonchev–Trinajstić information content (AvgIpc) is 2.11. The molecule has 13 heavy (non-hydrogen) atoms. The van der Waals surface area contributed by atoms with Crippen molar-refractivity contribution >= 4 is 37.2 Å². The first-order chi connectivity index (χ1) is 6.06. The van der Waals surface area contributed by atoms with Crippen molar-refractivity contribution in [2.24, 2.45) is 0 Å². The first-order valence-corrected chi connectivity index (χ1v) is 6.81. The minimum atomic E-state index is -2.94. The maximum Gasteiger partial charge on any atom is 0.395 e. The molecule has 0 rings (SSSR count). The molecular weight excluding hydrogens is 233 g/mol. The van der Waals surface area contributed by atoms with Crippen molar-refractivity contribution < 1.29 is 9.59 Å². The standard InChI is InChI=1S/C5H14BCl2N2O2P/c1-6(11)13(12,9-4-2-7)10-5-3-8/h11H,2-5H2,1H3,(H2,9,10,12). The second-order valence-electron chi connectivity index (χ2n) is 2.48. The molecule has 0 aromatic heterocycles. The molecule has 0 bridgehead atoms. The van der Waals surface area contributed by atoms with Crippen molar-refractivity contribution in [3.8, 4) is 0 Å². The van der Waals surface area contributed by atoms with Crippen molar-refractivity contribution in [3.05, 3.63) is 0 Å². The van der Waals surface area contributed by atoms with Crippen LogP contribution in [0.3, 0.4) is 0 Å². The zero-order valence-corrected chi connectivity index (χ0v) is 9.87. The molecule has 3 N–H and O–H groups in total. The zero-order valence-electron chi connectivity index (χ0n) is 7.46. The Labute approximate surface area is 88.9 Å². The van der Waals surface area contributed by atoms with Crippen LogP contribution < -0.4 is 10.2 Å². The van der Waals surface area contributed by atoms with Gasteiger partial charge in [0.25, 0.3) is 0 Å². The van der Waals surface area contributed by atoms with E-state index in [0.717, 1.165) is 0 Å². The SMILES string of the molecule is CB(O)P(=O)(NCCCl)NCCCl. The number of hydrogen-bond acceptors (Lipinski definition) is 2. The van der Waals surface area contributed by atoms with Gasteiger partial charge in [0.2, 0.25) is 7.32 Å². The maximum atomic E-state index is 11.8. The van der Waals surface area contributed by atoms with Crippen LogP contribution in [-0.4, -0.2) is 36.5 Å². The summed E-state index contributed by atoms with van der Waals surface area (Å²) in [5, 5.41) is 14.6. The van der Waals surface area contributed by atoms with Crippen molar-refractivity contribution in [3.63, 3.8) is 0 Å². The minimum absolute atomic E-state index is 0.346. The largest absolute Gasteiger partial charge is 0.442 e. The molecule has 4 nitrogen and oxygen atoms in total. The first-order valence-electron chi connectivity index (χ1n) is 3.97. The maximum absolute atomic E-state index is 11.8. The Morgan fingerprint density at radius 3 is 1.92 bits per heavy atom. The van der Waals surface area contributed by atoms with E-state index in [1.165, 1.54) is 6.82 Å². The summed E-state index contributed by atoms with van der Waals surface area (Å²) in [4.78, 5) is 0. The lowest BCUT2D eigenvalue weighted by atomic mass is 10.1. The molecule has 0 aliphatic rings. The van der Waals surface area contributed by atoms with E-state index in [1.54, 1.807) is 0 Å². The summed E-state index contributed by atoms with van der Waals surface area (Å²) in [6.45, 7) is 1.29. The molecule has 0 aromatic carbocycles. The van der Waals surface area contributed by atoms with E-state index in [0.29, 0.717) is 24.8 Å². The smallest absolute Gasteiger partial charge is 0.395 e. The van der Waals surface area contributed by atoms with Crippen LogP contribution in [0.4, 0.5) is 0 Å². The predicted octanol–water partition coefficient (Wildman–Crippen LogP) is 0.947. The van der Waals surface area contributed by atoms with Crippen LogP contribution in [0.15, 0.2) is 0 Å². The van der Waals surface area contributed by atoms with E-state index in [1.807, 2.05) is 0 Å². The topological polar surface area (TPSA) is 61.4 Å². The van der Waals surface area contributed by atoms with Crippen LogP contribution in [0.5, 0.6) is 0 Å². The molecule has 0 fully saturated rings. The van der Waals surface area contributed by atoms with Gasteiger partial charge in [0.15, 0.2) is 0 Å². The third kappa shape index (κ3) is 5.26. The molecule has 78 valence electrons. The van der Waals surface area contributed by atoms with Gasteiger partial charge in [0, 0.05) is 24.8 Å². The molecule has 0 saturated carbocycles. The quantitative estimate of drug-likeness (QED) is 0.356. The Bertz CT molecular complexity index is 172. The average molecular weight is 247 g/mol. The molecule has 0 heterocycles. The summed E-state index contributed by atoms with van der Waals surface area (Å²) in [5.74, 6) is 0.693. The van der Waals surface area contributed by atoms with E-state index >= 15 is 0 Å². The lowest BCUT2D eigenvalue weighted by molar-refractivity contribution is 0.546. The van der Waals surface area contributed by atoms with Crippen molar-refractivity contribution in [1.82, 2.24) is 10.2 Å². The Balaban J connectivity index is 4.09. The van der Waals surface area contributed by atoms with Gasteiger partial charge in [-0.05, 0) is 6.82 Å². The van der Waals surface area contributed by atoms with Gasteiger partial charge in [0.05, 0.1) is 0 Å². The summed E-state index contributed by atoms with van der Waals surface area (Å²) in [6, 6.07) is 0. The first kappa shape index (κ1) is 13.8. The summed E-state index contributed by atoms with van der Waals surface area (Å²) in [5.41, 5.74) is 0. The molecule has 0 aromatic rings. The molecule has 0 aliphatic heterocycles. The Morgan fingerprint density at radius 2 is 1.69 bits per heavy atom. The highest BCUT2D eigenvalue weighted by Gasteiger charge is 2.30. The normalized spacial score (nSPS) is 11.7. The summed E-state index contributed by atoms with van der Waals surface area (Å²) in [6.07, 6.45) is 0. The van der Waals surface area contributed by atoms with Gasteiger partial charge in [-0.15, -0.1) is 23.2 Å². The summed E-state index contributed by atoms with van der Waals surface area (Å²) < 4.78 is 11.8. The van der Waals surface area contributed by atoms with Crippen LogP contribution in [0.25, 0.3) is 0 Å². The molecular formula is C5H14BCl2N2O2P. The molecule has 8 heteroatoms. The third-order valence-corrected chi connectivity index (χ3v) is 4.23. The number of halogens is 2. The molecule has 0 amide bonds. The van der Waals surface area contributed by atoms with Crippen molar-refractivity contribution in [2.45, 2.75) is 6.82 Å². The second kappa shape index (κ2) is 7.10. The highest BCUT2D eigenvalue weighted by Crippen LogP contribution is 2.37. The van der Waals surface area contributed by atoms with Gasteiger partial charge in [-0.2, -0.15) is 0 Å². The summed E-state index contributed by atoms with van der Waals surface area (Å²) in [7, 11) is -2.94. The summed E-state index contributed by atoms with van der Waals surface area (Å²) >= 11 is 10.9. The Kier molecular flexibility index (Phi) is 7.51. The van der Waals surface area contributed by atoms with E-state index < -0.39 is 14.0 Å². The minimum Gasteiger partial charge on any atom is -0.442 e. The van der Waals surface area contributed by atoms with Crippen LogP contribution in [-0.2, 0) is 4.57 Å². The molecule has 0 aliphatic carbocycles. The van der Waals surface area contributed by atoms with E-state index in [9.17, 15) is 9.59 Å². The van der Waals surface area contributed by atoms with Gasteiger partial charge >= 0.3 is 6.64 Å². The monoisotopic (exact) mass is 246 g/mol. The van der Waals surface area contributed by atoms with Gasteiger partial charge in [0.1, 0.15) is 0 Å². The predicted molar refractivity (Wildman–Crippen MR) is 58.9 cm³/mol. The van der Waals surface area contributed by atoms with Crippen molar-refractivity contribution in [2.75, 3.05) is 24.8 Å². The highest BCUT2D eigenvalue weighted by atomic mass is 35.5. The van der Waals surface area contributed by atoms with Gasteiger partial charge in [-0.3, -0.25) is 14.7 Å². The zero-order chi connectivity index (χ0) is 10.3. The van der Waals surface area contributed by atoms with Crippen LogP contribution in [0.1, 0.15) is 0 Å². The van der Waals surface area contributed by atoms with Crippen LogP contribution >= 0.6 is 30.5 Å². The highest BCUT2D eigenvalue weighted by molar-refractivity contribution is 7.90. The lowest BCUT2D eigenvalue weighted by Crippen LogP contribution is -2.33. The second-order valence-corrected chi connectivity index (χ2v) is 5.94.